The minimum absolute atomic E-state index is 0. The Hall–Kier alpha value is 4.40. The predicted molar refractivity (Wildman–Crippen MR) is 61.7 cm³/mol. The molecule has 6 heavy (non-hydrogen) atoms. The van der Waals surface area contributed by atoms with Gasteiger partial charge in [-0.15, -0.1) is 95.9 Å². The molecule has 6 heteroatoms. The summed E-state index contributed by atoms with van der Waals surface area (Å²) in [5.41, 5.74) is 0. The van der Waals surface area contributed by atoms with Crippen molar-refractivity contribution in [2.24, 2.45) is 0 Å². The topological polar surface area (TPSA) is 0 Å². The summed E-state index contributed by atoms with van der Waals surface area (Å²) < 4.78 is 0. The third-order valence-corrected chi connectivity index (χ3v) is 0. The maximum absolute atomic E-state index is 0. The van der Waals surface area contributed by atoms with Crippen LogP contribution in [-0.4, -0.2) is 0 Å². The fraction of sp³-hybridized carbons (Fsp3) is 0. The Bertz CT molecular complexity index is 5.51. The molecule has 0 aliphatic carbocycles. The van der Waals surface area contributed by atoms with E-state index in [2.05, 4.69) is 0 Å². The van der Waals surface area contributed by atoms with Gasteiger partial charge in [0.05, 0.1) is 0 Å². The maximum Gasteiger partial charge on any atom is 0 e. The van der Waals surface area contributed by atoms with Crippen molar-refractivity contribution in [1.82, 2.24) is 0 Å². The van der Waals surface area contributed by atoms with Crippen LogP contribution in [0.4, 0.5) is 0 Å². The smallest absolute Gasteiger partial charge is 0 e. The molecular formula is H4Ag2I4. The molecule has 0 spiro atoms. The van der Waals surface area contributed by atoms with Gasteiger partial charge in [0.25, 0.3) is 0 Å². The van der Waals surface area contributed by atoms with Gasteiger partial charge in [-0.05, 0) is 0 Å². The Labute approximate surface area is 137 Å². The van der Waals surface area contributed by atoms with E-state index in [-0.39, 0.29) is 141 Å². The molecule has 0 N–H and O–H groups in total. The Morgan fingerprint density at radius 2 is 0.333 bits per heavy atom. The second-order valence-corrected chi connectivity index (χ2v) is 0. The van der Waals surface area contributed by atoms with Crippen molar-refractivity contribution in [1.29, 1.82) is 0 Å². The van der Waals surface area contributed by atoms with E-state index in [1.54, 1.807) is 0 Å². The monoisotopic (exact) mass is 725 g/mol. The summed E-state index contributed by atoms with van der Waals surface area (Å²) in [5.74, 6) is 0. The van der Waals surface area contributed by atoms with E-state index in [4.69, 9.17) is 0 Å². The average molecular weight is 727 g/mol. The summed E-state index contributed by atoms with van der Waals surface area (Å²) in [6, 6.07) is 0. The first-order chi connectivity index (χ1) is 0. The van der Waals surface area contributed by atoms with Crippen LogP contribution in [0.1, 0.15) is 0 Å². The second kappa shape index (κ2) is 34.3. The van der Waals surface area contributed by atoms with Crippen molar-refractivity contribution in [3.05, 3.63) is 0 Å². The van der Waals surface area contributed by atoms with Crippen LogP contribution < -0.4 is 0 Å². The van der Waals surface area contributed by atoms with Crippen molar-refractivity contribution in [2.45, 2.75) is 0 Å². The van der Waals surface area contributed by atoms with Gasteiger partial charge in [-0.2, -0.15) is 0 Å². The number of halogens is 4. The van der Waals surface area contributed by atoms with E-state index in [0.717, 1.165) is 0 Å². The van der Waals surface area contributed by atoms with Gasteiger partial charge in [-0.25, -0.2) is 0 Å². The van der Waals surface area contributed by atoms with E-state index in [9.17, 15) is 0 Å². The molecule has 0 bridgehead atoms. The quantitative estimate of drug-likeness (QED) is 0.266. The van der Waals surface area contributed by atoms with Crippen LogP contribution in [0.5, 0.6) is 0 Å². The van der Waals surface area contributed by atoms with Crippen LogP contribution in [0.2, 0.25) is 0 Å². The molecule has 0 unspecified atom stereocenters. The molecule has 0 amide bonds. The zero-order chi connectivity index (χ0) is 0. The Kier molecular flexibility index (Phi) is 271. The molecule has 2 radical (unpaired) electrons. The predicted octanol–water partition coefficient (Wildman–Crippen LogP) is 2.47. The average Bonchev–Trinajstić information content (AvgIpc) is 0. The van der Waals surface area contributed by atoms with Gasteiger partial charge >= 0.3 is 0 Å². The summed E-state index contributed by atoms with van der Waals surface area (Å²) in [6.45, 7) is 0. The molecule has 0 heterocycles. The van der Waals surface area contributed by atoms with Crippen LogP contribution in [-0.2, 0) is 44.8 Å². The molecule has 0 saturated heterocycles. The normalized spacial score (nSPS) is 0. The van der Waals surface area contributed by atoms with E-state index in [1.165, 1.54) is 0 Å². The first-order valence-electron chi connectivity index (χ1n) is 0. The van der Waals surface area contributed by atoms with Crippen molar-refractivity contribution in [3.63, 3.8) is 0 Å². The Morgan fingerprint density at radius 1 is 0.333 bits per heavy atom. The Morgan fingerprint density at radius 3 is 0.333 bits per heavy atom. The number of rotatable bonds is 0. The molecule has 0 aliphatic rings. The number of hydrogen-bond acceptors (Lipinski definition) is 0. The molecule has 0 aliphatic heterocycles. The molecule has 0 atom stereocenters. The van der Waals surface area contributed by atoms with Gasteiger partial charge in [-0.3, -0.25) is 0 Å². The molecule has 0 saturated carbocycles. The zero-order valence-electron chi connectivity index (χ0n) is 2.24. The SMILES string of the molecule is I.I.I.I.[Ag].[Ag]. The second-order valence-electron chi connectivity index (χ2n) is 0. The third-order valence-electron chi connectivity index (χ3n) is 0. The molecule has 54 valence electrons. The molecule has 0 aromatic carbocycles. The molecular weight excluding hydrogens is 723 g/mol. The first kappa shape index (κ1) is 47.5. The minimum atomic E-state index is 0. The summed E-state index contributed by atoms with van der Waals surface area (Å²) in [6.07, 6.45) is 0. The number of hydrogen-bond donors (Lipinski definition) is 0. The molecule has 0 aromatic heterocycles. The first-order valence-corrected chi connectivity index (χ1v) is 0. The van der Waals surface area contributed by atoms with E-state index in [1.807, 2.05) is 0 Å². The van der Waals surface area contributed by atoms with Crippen molar-refractivity contribution in [2.75, 3.05) is 0 Å². The van der Waals surface area contributed by atoms with Crippen molar-refractivity contribution >= 4 is 95.9 Å². The van der Waals surface area contributed by atoms with E-state index >= 15 is 0 Å². The van der Waals surface area contributed by atoms with Crippen LogP contribution in [0.15, 0.2) is 0 Å². The van der Waals surface area contributed by atoms with Gasteiger partial charge < -0.3 is 0 Å². The van der Waals surface area contributed by atoms with Crippen LogP contribution >= 0.6 is 95.9 Å². The van der Waals surface area contributed by atoms with Crippen LogP contribution in [0.25, 0.3) is 0 Å². The molecule has 0 nitrogen and oxygen atoms in total. The van der Waals surface area contributed by atoms with Crippen LogP contribution in [0.3, 0.4) is 0 Å². The van der Waals surface area contributed by atoms with E-state index in [0.29, 0.717) is 0 Å². The van der Waals surface area contributed by atoms with Crippen molar-refractivity contribution < 1.29 is 44.8 Å². The van der Waals surface area contributed by atoms with Gasteiger partial charge in [0.2, 0.25) is 0 Å². The van der Waals surface area contributed by atoms with Gasteiger partial charge in [0, 0.05) is 44.8 Å². The maximum atomic E-state index is 0. The summed E-state index contributed by atoms with van der Waals surface area (Å²) in [5, 5.41) is 0. The van der Waals surface area contributed by atoms with Crippen molar-refractivity contribution in [3.8, 4) is 0 Å². The fourth-order valence-electron chi connectivity index (χ4n) is 0. The molecule has 0 aromatic rings. The third kappa shape index (κ3) is 23.8. The Balaban J connectivity index is 0. The van der Waals surface area contributed by atoms with Gasteiger partial charge in [0.15, 0.2) is 0 Å². The van der Waals surface area contributed by atoms with Gasteiger partial charge in [0.1, 0.15) is 0 Å². The largest absolute Gasteiger partial charge is 0.107 e. The van der Waals surface area contributed by atoms with Gasteiger partial charge in [-0.1, -0.05) is 0 Å². The minimum Gasteiger partial charge on any atom is -0.107 e. The van der Waals surface area contributed by atoms with E-state index < -0.39 is 0 Å². The standard InChI is InChI=1S/2Ag.4HI/h;;4*1H. The van der Waals surface area contributed by atoms with Crippen LogP contribution in [0, 0.1) is 0 Å². The fourth-order valence-corrected chi connectivity index (χ4v) is 0. The summed E-state index contributed by atoms with van der Waals surface area (Å²) in [7, 11) is 0. The summed E-state index contributed by atoms with van der Waals surface area (Å²) >= 11 is 0. The summed E-state index contributed by atoms with van der Waals surface area (Å²) in [4.78, 5) is 0. The molecule has 0 rings (SSSR count). The zero-order valence-corrected chi connectivity index (χ0v) is 14.5. The molecule has 0 fully saturated rings.